The molecule has 31 heavy (non-hydrogen) atoms. The second-order valence-electron chi connectivity index (χ2n) is 8.79. The fraction of sp³-hybridized carbons (Fsp3) is 1.00. The van der Waals surface area contributed by atoms with Gasteiger partial charge in [0, 0.05) is 5.33 Å². The number of phosphoric acid groups is 1. The second kappa shape index (κ2) is 18.9. The van der Waals surface area contributed by atoms with Gasteiger partial charge in [-0.05, 0) is 19.3 Å². The minimum atomic E-state index is -4.53. The third kappa shape index (κ3) is 16.7. The maximum absolute atomic E-state index is 11.1. The molecule has 186 valence electrons. The van der Waals surface area contributed by atoms with Gasteiger partial charge < -0.3 is 19.3 Å². The molecule has 0 bridgehead atoms. The van der Waals surface area contributed by atoms with Crippen LogP contribution in [0.3, 0.4) is 0 Å². The largest absolute Gasteiger partial charge is 0.469 e. The van der Waals surface area contributed by atoms with E-state index < -0.39 is 20.0 Å². The van der Waals surface area contributed by atoms with Gasteiger partial charge in [-0.15, -0.1) is 0 Å². The fourth-order valence-electron chi connectivity index (χ4n) is 4.09. The lowest BCUT2D eigenvalue weighted by molar-refractivity contribution is -0.0837. The molecule has 0 spiro atoms. The van der Waals surface area contributed by atoms with E-state index in [-0.39, 0.29) is 6.29 Å². The van der Waals surface area contributed by atoms with Crippen LogP contribution in [0.5, 0.6) is 0 Å². The van der Waals surface area contributed by atoms with Gasteiger partial charge in [-0.25, -0.2) is 4.57 Å². The van der Waals surface area contributed by atoms with Crippen LogP contribution in [0.15, 0.2) is 0 Å². The van der Waals surface area contributed by atoms with Gasteiger partial charge in [0.25, 0.3) is 0 Å². The molecule has 1 saturated heterocycles. The van der Waals surface area contributed by atoms with Crippen LogP contribution < -0.4 is 0 Å². The van der Waals surface area contributed by atoms with E-state index in [9.17, 15) is 4.57 Å². The quantitative estimate of drug-likeness (QED) is 0.0926. The van der Waals surface area contributed by atoms with Crippen molar-refractivity contribution < 1.29 is 28.3 Å². The lowest BCUT2D eigenvalue weighted by Crippen LogP contribution is -2.31. The molecule has 3 atom stereocenters. The standard InChI is InChI=1S/C23H46BrO6P/c1-2-3-4-5-6-7-8-9-10-11-12-13-14-15-16-17-23-28-20-22(29-23)21(18-19-24)30-31(25,26)27/h21-23H,2-20H2,1H3,(H2,25,26,27). The summed E-state index contributed by atoms with van der Waals surface area (Å²) >= 11 is 3.29. The molecule has 1 rings (SSSR count). The highest BCUT2D eigenvalue weighted by molar-refractivity contribution is 9.09. The lowest BCUT2D eigenvalue weighted by atomic mass is 10.0. The second-order valence-corrected chi connectivity index (χ2v) is 10.8. The van der Waals surface area contributed by atoms with Crippen molar-refractivity contribution >= 4 is 23.8 Å². The summed E-state index contributed by atoms with van der Waals surface area (Å²) in [7, 11) is -4.53. The van der Waals surface area contributed by atoms with Crippen molar-refractivity contribution in [1.29, 1.82) is 0 Å². The predicted octanol–water partition coefficient (Wildman–Crippen LogP) is 7.25. The van der Waals surface area contributed by atoms with Gasteiger partial charge in [0.1, 0.15) is 6.10 Å². The Labute approximate surface area is 198 Å². The van der Waals surface area contributed by atoms with Crippen LogP contribution in [-0.4, -0.2) is 40.2 Å². The van der Waals surface area contributed by atoms with E-state index in [0.717, 1.165) is 12.8 Å². The zero-order valence-corrected chi connectivity index (χ0v) is 22.0. The first-order valence-corrected chi connectivity index (χ1v) is 15.2. The Hall–Kier alpha value is 0.510. The zero-order valence-electron chi connectivity index (χ0n) is 19.5. The van der Waals surface area contributed by atoms with Gasteiger partial charge in [0.2, 0.25) is 0 Å². The summed E-state index contributed by atoms with van der Waals surface area (Å²) < 4.78 is 27.5. The summed E-state index contributed by atoms with van der Waals surface area (Å²) in [6.45, 7) is 2.59. The summed E-state index contributed by atoms with van der Waals surface area (Å²) in [6, 6.07) is 0. The molecule has 0 aromatic carbocycles. The van der Waals surface area contributed by atoms with Gasteiger partial charge >= 0.3 is 7.82 Å². The van der Waals surface area contributed by atoms with Gasteiger partial charge in [0.15, 0.2) is 6.29 Å². The highest BCUT2D eigenvalue weighted by atomic mass is 79.9. The maximum atomic E-state index is 11.1. The topological polar surface area (TPSA) is 85.2 Å². The molecule has 0 aliphatic carbocycles. The fourth-order valence-corrected chi connectivity index (χ4v) is 5.14. The Morgan fingerprint density at radius 2 is 1.39 bits per heavy atom. The van der Waals surface area contributed by atoms with Crippen LogP contribution in [-0.2, 0) is 18.6 Å². The van der Waals surface area contributed by atoms with E-state index in [1.54, 1.807) is 0 Å². The molecule has 3 unspecified atom stereocenters. The van der Waals surface area contributed by atoms with Crippen molar-refractivity contribution in [3.63, 3.8) is 0 Å². The number of halogens is 1. The molecule has 8 heteroatoms. The van der Waals surface area contributed by atoms with Crippen molar-refractivity contribution in [1.82, 2.24) is 0 Å². The highest BCUT2D eigenvalue weighted by Gasteiger charge is 2.36. The van der Waals surface area contributed by atoms with Gasteiger partial charge in [-0.2, -0.15) is 0 Å². The predicted molar refractivity (Wildman–Crippen MR) is 129 cm³/mol. The SMILES string of the molecule is CCCCCCCCCCCCCCCCCC1OCC(C(CCBr)OP(=O)(O)O)O1. The molecule has 2 N–H and O–H groups in total. The van der Waals surface area contributed by atoms with E-state index in [4.69, 9.17) is 23.8 Å². The van der Waals surface area contributed by atoms with E-state index in [1.165, 1.54) is 89.9 Å². The van der Waals surface area contributed by atoms with E-state index in [1.807, 2.05) is 0 Å². The monoisotopic (exact) mass is 528 g/mol. The Morgan fingerprint density at radius 1 is 0.903 bits per heavy atom. The minimum Gasteiger partial charge on any atom is -0.350 e. The molecule has 0 radical (unpaired) electrons. The molecule has 0 aromatic rings. The molecule has 1 aliphatic rings. The average molecular weight is 529 g/mol. The van der Waals surface area contributed by atoms with Crippen LogP contribution in [0.2, 0.25) is 0 Å². The summed E-state index contributed by atoms with van der Waals surface area (Å²) in [5.41, 5.74) is 0. The zero-order chi connectivity index (χ0) is 22.8. The number of rotatable bonds is 21. The Bertz CT molecular complexity index is 461. The van der Waals surface area contributed by atoms with Crippen LogP contribution >= 0.6 is 23.8 Å². The number of phosphoric ester groups is 1. The number of alkyl halides is 1. The van der Waals surface area contributed by atoms with Crippen molar-refractivity contribution in [3.8, 4) is 0 Å². The molecular weight excluding hydrogens is 483 g/mol. The summed E-state index contributed by atoms with van der Waals surface area (Å²) in [6.07, 6.45) is 20.0. The number of hydrogen-bond acceptors (Lipinski definition) is 4. The third-order valence-electron chi connectivity index (χ3n) is 5.90. The summed E-state index contributed by atoms with van der Waals surface area (Å²) in [5.74, 6) is 0. The first kappa shape index (κ1) is 29.5. The molecule has 0 saturated carbocycles. The third-order valence-corrected chi connectivity index (χ3v) is 6.90. The van der Waals surface area contributed by atoms with Crippen LogP contribution in [0.4, 0.5) is 0 Å². The van der Waals surface area contributed by atoms with Gasteiger partial charge in [-0.1, -0.05) is 113 Å². The lowest BCUT2D eigenvalue weighted by Gasteiger charge is -2.22. The van der Waals surface area contributed by atoms with E-state index >= 15 is 0 Å². The number of unbranched alkanes of at least 4 members (excludes halogenated alkanes) is 14. The molecular formula is C23H46BrO6P. The van der Waals surface area contributed by atoms with Gasteiger partial charge in [-0.3, -0.25) is 4.52 Å². The first-order valence-electron chi connectivity index (χ1n) is 12.5. The number of ether oxygens (including phenoxy) is 2. The average Bonchev–Trinajstić information content (AvgIpc) is 3.18. The van der Waals surface area contributed by atoms with E-state index in [0.29, 0.717) is 18.4 Å². The number of hydrogen-bond donors (Lipinski definition) is 2. The molecule has 0 aromatic heterocycles. The normalized spacial score (nSPS) is 20.4. The van der Waals surface area contributed by atoms with Crippen LogP contribution in [0.25, 0.3) is 0 Å². The molecule has 6 nitrogen and oxygen atoms in total. The van der Waals surface area contributed by atoms with Crippen LogP contribution in [0.1, 0.15) is 116 Å². The summed E-state index contributed by atoms with van der Waals surface area (Å²) in [5, 5.41) is 0.585. The summed E-state index contributed by atoms with van der Waals surface area (Å²) in [4.78, 5) is 18.1. The van der Waals surface area contributed by atoms with Crippen molar-refractivity contribution in [2.75, 3.05) is 11.9 Å². The highest BCUT2D eigenvalue weighted by Crippen LogP contribution is 2.40. The van der Waals surface area contributed by atoms with Crippen molar-refractivity contribution in [2.45, 2.75) is 135 Å². The molecule has 1 heterocycles. The van der Waals surface area contributed by atoms with Crippen molar-refractivity contribution in [3.05, 3.63) is 0 Å². The Balaban J connectivity index is 1.93. The molecule has 0 amide bonds. The molecule has 1 aliphatic heterocycles. The van der Waals surface area contributed by atoms with E-state index in [2.05, 4.69) is 22.9 Å². The van der Waals surface area contributed by atoms with Crippen molar-refractivity contribution in [2.24, 2.45) is 0 Å². The smallest absolute Gasteiger partial charge is 0.350 e. The van der Waals surface area contributed by atoms with Gasteiger partial charge in [0.05, 0.1) is 12.7 Å². The first-order chi connectivity index (χ1) is 15.0. The maximum Gasteiger partial charge on any atom is 0.469 e. The molecule has 1 fully saturated rings. The Morgan fingerprint density at radius 3 is 1.84 bits per heavy atom. The van der Waals surface area contributed by atoms with Crippen LogP contribution in [0, 0.1) is 0 Å². The minimum absolute atomic E-state index is 0.287. The Kier molecular flexibility index (Phi) is 18.0.